The highest BCUT2D eigenvalue weighted by atomic mass is 127. The number of rotatable bonds is 0. The Morgan fingerprint density at radius 3 is 2.75 bits per heavy atom. The summed E-state index contributed by atoms with van der Waals surface area (Å²) in [6.07, 6.45) is 5.12. The van der Waals surface area contributed by atoms with Crippen molar-refractivity contribution in [2.45, 2.75) is 6.92 Å². The Balaban J connectivity index is 2.91. The van der Waals surface area contributed by atoms with E-state index in [9.17, 15) is 0 Å². The highest BCUT2D eigenvalue weighted by molar-refractivity contribution is 14.1. The molecule has 4 heteroatoms. The third-order valence-corrected chi connectivity index (χ3v) is 2.92. The molecule has 2 aromatic rings. The zero-order valence-electron chi connectivity index (χ0n) is 6.45. The maximum absolute atomic E-state index is 4.23. The van der Waals surface area contributed by atoms with Crippen molar-refractivity contribution in [3.8, 4) is 0 Å². The highest BCUT2D eigenvalue weighted by Crippen LogP contribution is 2.17. The molecule has 0 aliphatic heterocycles. The number of pyridine rings is 1. The lowest BCUT2D eigenvalue weighted by Gasteiger charge is -1.99. The van der Waals surface area contributed by atoms with Crippen LogP contribution in [0.4, 0.5) is 0 Å². The van der Waals surface area contributed by atoms with Crippen LogP contribution in [0.2, 0.25) is 0 Å². The summed E-state index contributed by atoms with van der Waals surface area (Å²) in [5, 5.41) is 0. The quantitative estimate of drug-likeness (QED) is 0.687. The molecule has 0 fully saturated rings. The Morgan fingerprint density at radius 1 is 1.17 bits per heavy atom. The average molecular weight is 271 g/mol. The van der Waals surface area contributed by atoms with Crippen LogP contribution in [-0.2, 0) is 0 Å². The molecule has 2 aromatic heterocycles. The first kappa shape index (κ1) is 7.85. The molecule has 0 N–H and O–H groups in total. The van der Waals surface area contributed by atoms with Gasteiger partial charge in [0.25, 0.3) is 0 Å². The first-order chi connectivity index (χ1) is 5.79. The van der Waals surface area contributed by atoms with E-state index in [0.29, 0.717) is 0 Å². The van der Waals surface area contributed by atoms with Gasteiger partial charge in [-0.05, 0) is 29.5 Å². The fourth-order valence-corrected chi connectivity index (χ4v) is 1.55. The minimum absolute atomic E-state index is 0.854. The van der Waals surface area contributed by atoms with E-state index >= 15 is 0 Å². The van der Waals surface area contributed by atoms with Crippen LogP contribution in [0.5, 0.6) is 0 Å². The van der Waals surface area contributed by atoms with Gasteiger partial charge in [-0.25, -0.2) is 0 Å². The van der Waals surface area contributed by atoms with Gasteiger partial charge in [-0.15, -0.1) is 0 Å². The molecule has 0 saturated heterocycles. The lowest BCUT2D eigenvalue weighted by Crippen LogP contribution is -1.91. The first-order valence-electron chi connectivity index (χ1n) is 3.51. The summed E-state index contributed by atoms with van der Waals surface area (Å²) in [6.45, 7) is 1.97. The number of fused-ring (bicyclic) bond motifs is 1. The molecule has 2 heterocycles. The second-order valence-electron chi connectivity index (χ2n) is 2.45. The number of hydrogen-bond donors (Lipinski definition) is 0. The normalized spacial score (nSPS) is 10.5. The van der Waals surface area contributed by atoms with Gasteiger partial charge in [0.1, 0.15) is 11.0 Å². The van der Waals surface area contributed by atoms with Gasteiger partial charge in [-0.1, -0.05) is 0 Å². The number of aromatic nitrogens is 3. The molecule has 0 aliphatic rings. The van der Waals surface area contributed by atoms with Gasteiger partial charge in [-0.3, -0.25) is 15.0 Å². The predicted octanol–water partition coefficient (Wildman–Crippen LogP) is 1.94. The van der Waals surface area contributed by atoms with E-state index < -0.39 is 0 Å². The van der Waals surface area contributed by atoms with Crippen molar-refractivity contribution < 1.29 is 0 Å². The molecule has 0 spiro atoms. The van der Waals surface area contributed by atoms with Crippen LogP contribution >= 0.6 is 22.6 Å². The second kappa shape index (κ2) is 2.93. The average Bonchev–Trinajstić information content (AvgIpc) is 2.12. The van der Waals surface area contributed by atoms with E-state index in [2.05, 4.69) is 37.5 Å². The Morgan fingerprint density at radius 2 is 1.92 bits per heavy atom. The molecule has 0 amide bonds. The van der Waals surface area contributed by atoms with Gasteiger partial charge < -0.3 is 0 Å². The summed E-state index contributed by atoms with van der Waals surface area (Å²) in [5.41, 5.74) is 2.79. The van der Waals surface area contributed by atoms with E-state index in [1.54, 1.807) is 18.6 Å². The maximum atomic E-state index is 4.23. The lowest BCUT2D eigenvalue weighted by atomic mass is 10.3. The standard InChI is InChI=1S/C8H6IN3/c1-5-7(9)8-6(4-12-5)10-2-3-11-8/h2-4H,1H3. The Hall–Kier alpha value is -0.780. The number of nitrogens with zero attached hydrogens (tertiary/aromatic N) is 3. The van der Waals surface area contributed by atoms with Crippen molar-refractivity contribution in [3.05, 3.63) is 27.9 Å². The highest BCUT2D eigenvalue weighted by Gasteiger charge is 2.03. The van der Waals surface area contributed by atoms with Crippen LogP contribution < -0.4 is 0 Å². The van der Waals surface area contributed by atoms with Crippen molar-refractivity contribution in [2.24, 2.45) is 0 Å². The van der Waals surface area contributed by atoms with Crippen LogP contribution in [0.3, 0.4) is 0 Å². The van der Waals surface area contributed by atoms with Gasteiger partial charge in [0, 0.05) is 12.4 Å². The number of halogens is 1. The topological polar surface area (TPSA) is 38.7 Å². The SMILES string of the molecule is Cc1ncc2nccnc2c1I. The van der Waals surface area contributed by atoms with E-state index in [0.717, 1.165) is 20.3 Å². The summed E-state index contributed by atoms with van der Waals surface area (Å²) in [4.78, 5) is 12.6. The summed E-state index contributed by atoms with van der Waals surface area (Å²) < 4.78 is 1.08. The van der Waals surface area contributed by atoms with E-state index in [1.807, 2.05) is 6.92 Å². The van der Waals surface area contributed by atoms with E-state index in [-0.39, 0.29) is 0 Å². The molecule has 0 unspecified atom stereocenters. The predicted molar refractivity (Wildman–Crippen MR) is 54.8 cm³/mol. The van der Waals surface area contributed by atoms with Gasteiger partial charge in [-0.2, -0.15) is 0 Å². The molecule has 0 radical (unpaired) electrons. The van der Waals surface area contributed by atoms with Crippen LogP contribution in [0.15, 0.2) is 18.6 Å². The van der Waals surface area contributed by atoms with Crippen LogP contribution in [0.25, 0.3) is 11.0 Å². The third kappa shape index (κ3) is 1.16. The first-order valence-corrected chi connectivity index (χ1v) is 4.59. The Labute approximate surface area is 83.4 Å². The maximum Gasteiger partial charge on any atom is 0.108 e. The van der Waals surface area contributed by atoms with Crippen molar-refractivity contribution in [3.63, 3.8) is 0 Å². The van der Waals surface area contributed by atoms with Crippen molar-refractivity contribution in [2.75, 3.05) is 0 Å². The molecule has 60 valence electrons. The summed E-state index contributed by atoms with van der Waals surface area (Å²) in [7, 11) is 0. The molecule has 0 bridgehead atoms. The van der Waals surface area contributed by atoms with Crippen molar-refractivity contribution in [1.29, 1.82) is 0 Å². The van der Waals surface area contributed by atoms with Crippen LogP contribution in [-0.4, -0.2) is 15.0 Å². The molecule has 3 nitrogen and oxygen atoms in total. The van der Waals surface area contributed by atoms with Gasteiger partial charge >= 0.3 is 0 Å². The molecular weight excluding hydrogens is 265 g/mol. The monoisotopic (exact) mass is 271 g/mol. The van der Waals surface area contributed by atoms with Gasteiger partial charge in [0.15, 0.2) is 0 Å². The Bertz CT molecular complexity index is 428. The fourth-order valence-electron chi connectivity index (χ4n) is 0.998. The van der Waals surface area contributed by atoms with Crippen LogP contribution in [0.1, 0.15) is 5.69 Å². The fraction of sp³-hybridized carbons (Fsp3) is 0.125. The molecule has 0 saturated carbocycles. The zero-order valence-corrected chi connectivity index (χ0v) is 8.61. The van der Waals surface area contributed by atoms with E-state index in [4.69, 9.17) is 0 Å². The lowest BCUT2D eigenvalue weighted by molar-refractivity contribution is 1.16. The third-order valence-electron chi connectivity index (χ3n) is 1.63. The van der Waals surface area contributed by atoms with Gasteiger partial charge in [0.2, 0.25) is 0 Å². The molecular formula is C8H6IN3. The summed E-state index contributed by atoms with van der Waals surface area (Å²) >= 11 is 2.24. The molecule has 0 aromatic carbocycles. The second-order valence-corrected chi connectivity index (χ2v) is 3.53. The summed E-state index contributed by atoms with van der Waals surface area (Å²) in [6, 6.07) is 0. The number of aryl methyl sites for hydroxylation is 1. The minimum atomic E-state index is 0.854. The molecule has 0 aliphatic carbocycles. The zero-order chi connectivity index (χ0) is 8.55. The Kier molecular flexibility index (Phi) is 1.92. The van der Waals surface area contributed by atoms with Crippen molar-refractivity contribution in [1.82, 2.24) is 15.0 Å². The molecule has 0 atom stereocenters. The van der Waals surface area contributed by atoms with Crippen molar-refractivity contribution >= 4 is 33.6 Å². The smallest absolute Gasteiger partial charge is 0.108 e. The molecule has 2 rings (SSSR count). The van der Waals surface area contributed by atoms with E-state index in [1.165, 1.54) is 0 Å². The van der Waals surface area contributed by atoms with Gasteiger partial charge in [0.05, 0.1) is 15.5 Å². The summed E-state index contributed by atoms with van der Waals surface area (Å²) in [5.74, 6) is 0. The molecule has 12 heavy (non-hydrogen) atoms. The minimum Gasteiger partial charge on any atom is -0.258 e. The van der Waals surface area contributed by atoms with Crippen LogP contribution in [0, 0.1) is 10.5 Å². The number of hydrogen-bond acceptors (Lipinski definition) is 3. The largest absolute Gasteiger partial charge is 0.258 e.